The van der Waals surface area contributed by atoms with Crippen LogP contribution in [0.5, 0.6) is 0 Å². The van der Waals surface area contributed by atoms with Crippen molar-refractivity contribution in [2.75, 3.05) is 12.8 Å². The highest BCUT2D eigenvalue weighted by Gasteiger charge is 2.29. The van der Waals surface area contributed by atoms with E-state index in [4.69, 9.17) is 5.73 Å². The van der Waals surface area contributed by atoms with Crippen LogP contribution < -0.4 is 5.73 Å². The second-order valence-corrected chi connectivity index (χ2v) is 6.64. The smallest absolute Gasteiger partial charge is 0.274 e. The minimum atomic E-state index is -0.158. The Bertz CT molecular complexity index is 491. The van der Waals surface area contributed by atoms with Gasteiger partial charge in [0, 0.05) is 19.0 Å². The van der Waals surface area contributed by atoms with Crippen molar-refractivity contribution in [3.8, 4) is 0 Å². The Morgan fingerprint density at radius 2 is 1.85 bits per heavy atom. The van der Waals surface area contributed by atoms with E-state index in [1.807, 2.05) is 20.8 Å². The maximum Gasteiger partial charge on any atom is 0.274 e. The summed E-state index contributed by atoms with van der Waals surface area (Å²) in [6, 6.07) is 0.0758. The van der Waals surface area contributed by atoms with Crippen LogP contribution in [0.25, 0.3) is 0 Å². The van der Waals surface area contributed by atoms with Crippen molar-refractivity contribution in [2.24, 2.45) is 5.41 Å². The van der Waals surface area contributed by atoms with Gasteiger partial charge in [-0.25, -0.2) is 9.97 Å². The molecule has 1 rings (SSSR count). The van der Waals surface area contributed by atoms with E-state index in [1.165, 1.54) is 6.20 Å². The van der Waals surface area contributed by atoms with Crippen LogP contribution in [-0.2, 0) is 0 Å². The largest absolute Gasteiger partial charge is 0.396 e. The number of amides is 1. The van der Waals surface area contributed by atoms with Crippen LogP contribution in [0.2, 0.25) is 0 Å². The van der Waals surface area contributed by atoms with Gasteiger partial charge in [-0.1, -0.05) is 34.6 Å². The number of nitrogens with zero attached hydrogens (tertiary/aromatic N) is 3. The number of rotatable bonds is 3. The van der Waals surface area contributed by atoms with Crippen molar-refractivity contribution < 1.29 is 4.79 Å². The van der Waals surface area contributed by atoms with Crippen molar-refractivity contribution >= 4 is 11.6 Å². The monoisotopic (exact) mass is 278 g/mol. The Morgan fingerprint density at radius 1 is 1.30 bits per heavy atom. The molecule has 5 nitrogen and oxygen atoms in total. The van der Waals surface area contributed by atoms with E-state index in [0.29, 0.717) is 17.2 Å². The highest BCUT2D eigenvalue weighted by molar-refractivity contribution is 5.97. The average molecular weight is 278 g/mol. The fraction of sp³-hybridized carbons (Fsp3) is 0.667. The predicted octanol–water partition coefficient (Wildman–Crippen LogP) is 2.69. The first-order valence-corrected chi connectivity index (χ1v) is 6.95. The van der Waals surface area contributed by atoms with Crippen LogP contribution in [-0.4, -0.2) is 33.9 Å². The molecule has 1 aromatic rings. The Morgan fingerprint density at radius 3 is 2.30 bits per heavy atom. The summed E-state index contributed by atoms with van der Waals surface area (Å²) in [5.41, 5.74) is 6.48. The molecule has 1 amide bonds. The first kappa shape index (κ1) is 16.4. The van der Waals surface area contributed by atoms with Gasteiger partial charge in [-0.15, -0.1) is 0 Å². The van der Waals surface area contributed by atoms with Crippen LogP contribution in [0, 0.1) is 5.41 Å². The van der Waals surface area contributed by atoms with Gasteiger partial charge in [-0.3, -0.25) is 4.79 Å². The van der Waals surface area contributed by atoms with Gasteiger partial charge in [0.25, 0.3) is 5.91 Å². The SMILES string of the molecule is CC(C)c1ncc(N)c(C(=O)N(C)C(C)C(C)(C)C)n1. The Kier molecular flexibility index (Phi) is 4.73. The summed E-state index contributed by atoms with van der Waals surface area (Å²) in [6.45, 7) is 12.3. The minimum absolute atomic E-state index is 0.00686. The number of nitrogen functional groups attached to an aromatic ring is 1. The quantitative estimate of drug-likeness (QED) is 0.922. The molecule has 0 bridgehead atoms. The molecule has 1 atom stereocenters. The summed E-state index contributed by atoms with van der Waals surface area (Å²) in [6.07, 6.45) is 1.52. The van der Waals surface area contributed by atoms with Crippen LogP contribution >= 0.6 is 0 Å². The molecular weight excluding hydrogens is 252 g/mol. The van der Waals surface area contributed by atoms with Gasteiger partial charge < -0.3 is 10.6 Å². The Hall–Kier alpha value is -1.65. The molecule has 0 aliphatic rings. The highest BCUT2D eigenvalue weighted by Crippen LogP contribution is 2.25. The lowest BCUT2D eigenvalue weighted by atomic mass is 9.87. The van der Waals surface area contributed by atoms with E-state index >= 15 is 0 Å². The Balaban J connectivity index is 3.11. The number of carbonyl (C=O) groups is 1. The highest BCUT2D eigenvalue weighted by atomic mass is 16.2. The van der Waals surface area contributed by atoms with Crippen LogP contribution in [0.15, 0.2) is 6.20 Å². The summed E-state index contributed by atoms with van der Waals surface area (Å²) in [4.78, 5) is 22.8. The number of aromatic nitrogens is 2. The number of anilines is 1. The molecule has 0 aromatic carbocycles. The zero-order valence-corrected chi connectivity index (χ0v) is 13.6. The molecule has 0 saturated carbocycles. The van der Waals surface area contributed by atoms with Crippen molar-refractivity contribution in [2.45, 2.75) is 53.5 Å². The molecule has 2 N–H and O–H groups in total. The van der Waals surface area contributed by atoms with Gasteiger partial charge in [0.05, 0.1) is 11.9 Å². The van der Waals surface area contributed by atoms with E-state index in [1.54, 1.807) is 11.9 Å². The van der Waals surface area contributed by atoms with Crippen LogP contribution in [0.1, 0.15) is 63.8 Å². The van der Waals surface area contributed by atoms with Crippen molar-refractivity contribution in [1.29, 1.82) is 0 Å². The number of carbonyl (C=O) groups excluding carboxylic acids is 1. The number of nitrogens with two attached hydrogens (primary N) is 1. The number of hydrogen-bond donors (Lipinski definition) is 1. The van der Waals surface area contributed by atoms with Crippen molar-refractivity contribution in [1.82, 2.24) is 14.9 Å². The van der Waals surface area contributed by atoms with Gasteiger partial charge in [0.15, 0.2) is 5.69 Å². The lowest BCUT2D eigenvalue weighted by Crippen LogP contribution is -2.43. The van der Waals surface area contributed by atoms with Gasteiger partial charge in [0.2, 0.25) is 0 Å². The third-order valence-electron chi connectivity index (χ3n) is 3.71. The fourth-order valence-electron chi connectivity index (χ4n) is 1.78. The Labute approximate surface area is 121 Å². The van der Waals surface area contributed by atoms with Gasteiger partial charge in [0.1, 0.15) is 5.82 Å². The number of hydrogen-bond acceptors (Lipinski definition) is 4. The molecule has 20 heavy (non-hydrogen) atoms. The van der Waals surface area contributed by atoms with Gasteiger partial charge in [-0.05, 0) is 12.3 Å². The molecule has 0 aliphatic heterocycles. The van der Waals surface area contributed by atoms with Crippen molar-refractivity contribution in [3.05, 3.63) is 17.7 Å². The topological polar surface area (TPSA) is 72.1 Å². The van der Waals surface area contributed by atoms with E-state index in [0.717, 1.165) is 0 Å². The van der Waals surface area contributed by atoms with Gasteiger partial charge in [-0.2, -0.15) is 0 Å². The maximum atomic E-state index is 12.6. The summed E-state index contributed by atoms with van der Waals surface area (Å²) in [5, 5.41) is 0. The molecule has 5 heteroatoms. The minimum Gasteiger partial charge on any atom is -0.396 e. The fourth-order valence-corrected chi connectivity index (χ4v) is 1.78. The third kappa shape index (κ3) is 3.46. The van der Waals surface area contributed by atoms with Crippen LogP contribution in [0.3, 0.4) is 0 Å². The van der Waals surface area contributed by atoms with E-state index in [-0.39, 0.29) is 23.3 Å². The summed E-state index contributed by atoms with van der Waals surface area (Å²) < 4.78 is 0. The molecule has 112 valence electrons. The third-order valence-corrected chi connectivity index (χ3v) is 3.71. The first-order chi connectivity index (χ1) is 9.05. The molecule has 1 aromatic heterocycles. The predicted molar refractivity (Wildman–Crippen MR) is 81.5 cm³/mol. The second kappa shape index (κ2) is 5.77. The van der Waals surface area contributed by atoms with Crippen molar-refractivity contribution in [3.63, 3.8) is 0 Å². The van der Waals surface area contributed by atoms with E-state index in [2.05, 4.69) is 30.7 Å². The molecule has 0 spiro atoms. The molecular formula is C15H26N4O. The summed E-state index contributed by atoms with van der Waals surface area (Å²) in [5.74, 6) is 0.640. The zero-order chi connectivity index (χ0) is 15.7. The lowest BCUT2D eigenvalue weighted by molar-refractivity contribution is 0.0624. The normalized spacial score (nSPS) is 13.4. The van der Waals surface area contributed by atoms with Crippen LogP contribution in [0.4, 0.5) is 5.69 Å². The molecule has 0 aliphatic carbocycles. The molecule has 0 saturated heterocycles. The summed E-state index contributed by atoms with van der Waals surface area (Å²) >= 11 is 0. The molecule has 1 heterocycles. The maximum absolute atomic E-state index is 12.6. The van der Waals surface area contributed by atoms with E-state index < -0.39 is 0 Å². The average Bonchev–Trinajstić information content (AvgIpc) is 2.35. The lowest BCUT2D eigenvalue weighted by Gasteiger charge is -2.35. The molecule has 0 radical (unpaired) electrons. The standard InChI is InChI=1S/C15H26N4O/c1-9(2)13-17-8-11(16)12(18-13)14(20)19(7)10(3)15(4,5)6/h8-10H,16H2,1-7H3. The molecule has 1 unspecified atom stereocenters. The first-order valence-electron chi connectivity index (χ1n) is 6.95. The van der Waals surface area contributed by atoms with Gasteiger partial charge >= 0.3 is 0 Å². The zero-order valence-electron chi connectivity index (χ0n) is 13.6. The molecule has 0 fully saturated rings. The summed E-state index contributed by atoms with van der Waals surface area (Å²) in [7, 11) is 1.79. The second-order valence-electron chi connectivity index (χ2n) is 6.64. The van der Waals surface area contributed by atoms with E-state index in [9.17, 15) is 4.79 Å².